The van der Waals surface area contributed by atoms with Gasteiger partial charge in [0.1, 0.15) is 6.10 Å². The number of nitrogens with zero attached hydrogens (tertiary/aromatic N) is 1. The third-order valence-corrected chi connectivity index (χ3v) is 4.44. The molecule has 0 radical (unpaired) electrons. The Bertz CT molecular complexity index is 751. The van der Waals surface area contributed by atoms with E-state index >= 15 is 0 Å². The third-order valence-electron chi connectivity index (χ3n) is 4.11. The zero-order valence-electron chi connectivity index (χ0n) is 13.7. The van der Waals surface area contributed by atoms with Gasteiger partial charge in [-0.05, 0) is 17.7 Å². The molecule has 6 heteroatoms. The summed E-state index contributed by atoms with van der Waals surface area (Å²) >= 11 is 6.00. The van der Waals surface area contributed by atoms with Gasteiger partial charge in [0.25, 0.3) is 5.91 Å². The van der Waals surface area contributed by atoms with Crippen LogP contribution in [0.5, 0.6) is 0 Å². The number of nitrogens with one attached hydrogen (secondary N) is 1. The van der Waals surface area contributed by atoms with Crippen molar-refractivity contribution in [2.75, 3.05) is 26.2 Å². The molecule has 2 aromatic carbocycles. The number of hydrogen-bond acceptors (Lipinski definition) is 3. The maximum Gasteiger partial charge on any atom is 0.253 e. The zero-order chi connectivity index (χ0) is 17.6. The van der Waals surface area contributed by atoms with E-state index in [1.807, 2.05) is 30.3 Å². The summed E-state index contributed by atoms with van der Waals surface area (Å²) in [5.74, 6) is -0.489. The molecular formula is C19H19ClN2O3. The Morgan fingerprint density at radius 1 is 1.12 bits per heavy atom. The third kappa shape index (κ3) is 4.38. The summed E-state index contributed by atoms with van der Waals surface area (Å²) in [6.07, 6.45) is -0.141. The first-order chi connectivity index (χ1) is 12.1. The molecule has 1 fully saturated rings. The first kappa shape index (κ1) is 17.5. The summed E-state index contributed by atoms with van der Waals surface area (Å²) in [7, 11) is 0. The molecule has 0 aliphatic carbocycles. The minimum absolute atomic E-state index is 0.0639. The van der Waals surface area contributed by atoms with Gasteiger partial charge in [-0.3, -0.25) is 9.59 Å². The molecule has 1 aliphatic heterocycles. The van der Waals surface area contributed by atoms with Gasteiger partial charge in [-0.1, -0.05) is 54.1 Å². The molecule has 1 N–H and O–H groups in total. The van der Waals surface area contributed by atoms with E-state index in [-0.39, 0.29) is 24.5 Å². The van der Waals surface area contributed by atoms with Gasteiger partial charge in [0.2, 0.25) is 5.91 Å². The summed E-state index contributed by atoms with van der Waals surface area (Å²) in [5, 5.41) is 3.00. The minimum Gasteiger partial charge on any atom is -0.370 e. The van der Waals surface area contributed by atoms with Crippen LogP contribution in [0.25, 0.3) is 0 Å². The van der Waals surface area contributed by atoms with Crippen molar-refractivity contribution in [3.63, 3.8) is 0 Å². The average Bonchev–Trinajstić information content (AvgIpc) is 2.67. The minimum atomic E-state index is -0.355. The van der Waals surface area contributed by atoms with Crippen LogP contribution in [0.4, 0.5) is 0 Å². The second-order valence-electron chi connectivity index (χ2n) is 5.77. The predicted octanol–water partition coefficient (Wildman–Crippen LogP) is 2.67. The normalized spacial score (nSPS) is 17.2. The molecule has 25 heavy (non-hydrogen) atoms. The van der Waals surface area contributed by atoms with Crippen molar-refractivity contribution in [2.24, 2.45) is 0 Å². The maximum absolute atomic E-state index is 12.4. The van der Waals surface area contributed by atoms with Crippen LogP contribution in [0.2, 0.25) is 5.02 Å². The van der Waals surface area contributed by atoms with Crippen molar-refractivity contribution < 1.29 is 14.3 Å². The van der Waals surface area contributed by atoms with Crippen LogP contribution in [0.15, 0.2) is 54.6 Å². The van der Waals surface area contributed by atoms with Crippen molar-refractivity contribution in [1.82, 2.24) is 10.2 Å². The van der Waals surface area contributed by atoms with Gasteiger partial charge < -0.3 is 15.0 Å². The van der Waals surface area contributed by atoms with Crippen LogP contribution in [0, 0.1) is 0 Å². The Balaban J connectivity index is 1.56. The number of amides is 2. The first-order valence-electron chi connectivity index (χ1n) is 8.12. The molecule has 2 aromatic rings. The Morgan fingerprint density at radius 3 is 2.60 bits per heavy atom. The van der Waals surface area contributed by atoms with E-state index in [1.54, 1.807) is 29.2 Å². The highest BCUT2D eigenvalue weighted by molar-refractivity contribution is 6.33. The molecule has 0 spiro atoms. The fourth-order valence-electron chi connectivity index (χ4n) is 2.75. The highest BCUT2D eigenvalue weighted by Crippen LogP contribution is 2.22. The maximum atomic E-state index is 12.4. The Kier molecular flexibility index (Phi) is 5.68. The van der Waals surface area contributed by atoms with Gasteiger partial charge >= 0.3 is 0 Å². The predicted molar refractivity (Wildman–Crippen MR) is 95.5 cm³/mol. The van der Waals surface area contributed by atoms with E-state index in [2.05, 4.69) is 5.32 Å². The lowest BCUT2D eigenvalue weighted by atomic mass is 10.1. The second-order valence-corrected chi connectivity index (χ2v) is 6.18. The van der Waals surface area contributed by atoms with Crippen molar-refractivity contribution in [3.8, 4) is 0 Å². The van der Waals surface area contributed by atoms with E-state index in [0.29, 0.717) is 30.3 Å². The van der Waals surface area contributed by atoms with E-state index in [9.17, 15) is 9.59 Å². The fourth-order valence-corrected chi connectivity index (χ4v) is 2.97. The highest BCUT2D eigenvalue weighted by Gasteiger charge is 2.25. The van der Waals surface area contributed by atoms with Crippen molar-refractivity contribution >= 4 is 23.4 Å². The number of rotatable bonds is 4. The Morgan fingerprint density at radius 2 is 1.84 bits per heavy atom. The number of carbonyl (C=O) groups excluding carboxylic acids is 2. The first-order valence-corrected chi connectivity index (χ1v) is 8.50. The van der Waals surface area contributed by atoms with Crippen LogP contribution < -0.4 is 5.32 Å². The molecule has 2 amide bonds. The lowest BCUT2D eigenvalue weighted by Crippen LogP contribution is -2.46. The Labute approximate surface area is 151 Å². The van der Waals surface area contributed by atoms with Crippen LogP contribution in [-0.2, 0) is 9.53 Å². The molecule has 3 rings (SSSR count). The standard InChI is InChI=1S/C19H19ClN2O3/c20-16-9-5-4-8-15(16)19(24)21-12-18(23)22-10-11-25-17(13-22)14-6-2-1-3-7-14/h1-9,17H,10-13H2,(H,21,24). The zero-order valence-corrected chi connectivity index (χ0v) is 14.4. The number of ether oxygens (including phenoxy) is 1. The van der Waals surface area contributed by atoms with Crippen LogP contribution in [0.1, 0.15) is 22.0 Å². The monoisotopic (exact) mass is 358 g/mol. The van der Waals surface area contributed by atoms with Gasteiger partial charge in [-0.25, -0.2) is 0 Å². The number of halogens is 1. The fraction of sp³-hybridized carbons (Fsp3) is 0.263. The molecule has 1 aliphatic rings. The van der Waals surface area contributed by atoms with Gasteiger partial charge in [-0.2, -0.15) is 0 Å². The molecule has 1 unspecified atom stereocenters. The number of hydrogen-bond donors (Lipinski definition) is 1. The smallest absolute Gasteiger partial charge is 0.253 e. The topological polar surface area (TPSA) is 58.6 Å². The second kappa shape index (κ2) is 8.14. The van der Waals surface area contributed by atoms with Gasteiger partial charge in [-0.15, -0.1) is 0 Å². The van der Waals surface area contributed by atoms with Crippen molar-refractivity contribution in [3.05, 3.63) is 70.7 Å². The largest absolute Gasteiger partial charge is 0.370 e. The van der Waals surface area contributed by atoms with Gasteiger partial charge in [0.05, 0.1) is 30.3 Å². The summed E-state index contributed by atoms with van der Waals surface area (Å²) in [4.78, 5) is 26.3. The lowest BCUT2D eigenvalue weighted by molar-refractivity contribution is -0.137. The van der Waals surface area contributed by atoms with E-state index in [0.717, 1.165) is 5.56 Å². The summed E-state index contributed by atoms with van der Waals surface area (Å²) in [6.45, 7) is 1.41. The lowest BCUT2D eigenvalue weighted by Gasteiger charge is -2.33. The molecule has 5 nitrogen and oxygen atoms in total. The van der Waals surface area contributed by atoms with E-state index < -0.39 is 0 Å². The van der Waals surface area contributed by atoms with Crippen molar-refractivity contribution in [2.45, 2.75) is 6.10 Å². The van der Waals surface area contributed by atoms with Crippen LogP contribution in [0.3, 0.4) is 0 Å². The summed E-state index contributed by atoms with van der Waals surface area (Å²) in [6, 6.07) is 16.6. The molecule has 130 valence electrons. The van der Waals surface area contributed by atoms with E-state index in [1.165, 1.54) is 0 Å². The summed E-state index contributed by atoms with van der Waals surface area (Å²) in [5.41, 5.74) is 1.40. The van der Waals surface area contributed by atoms with Gasteiger partial charge in [0, 0.05) is 6.54 Å². The number of benzene rings is 2. The van der Waals surface area contributed by atoms with E-state index in [4.69, 9.17) is 16.3 Å². The molecule has 0 saturated carbocycles. The quantitative estimate of drug-likeness (QED) is 0.914. The average molecular weight is 359 g/mol. The van der Waals surface area contributed by atoms with Crippen LogP contribution in [-0.4, -0.2) is 43.0 Å². The van der Waals surface area contributed by atoms with Gasteiger partial charge in [0.15, 0.2) is 0 Å². The SMILES string of the molecule is O=C(NCC(=O)N1CCOC(c2ccccc2)C1)c1ccccc1Cl. The number of carbonyl (C=O) groups is 2. The molecule has 1 heterocycles. The molecule has 0 aromatic heterocycles. The Hall–Kier alpha value is -2.37. The molecule has 1 atom stereocenters. The molecule has 0 bridgehead atoms. The molecule has 1 saturated heterocycles. The highest BCUT2D eigenvalue weighted by atomic mass is 35.5. The van der Waals surface area contributed by atoms with Crippen molar-refractivity contribution in [1.29, 1.82) is 0 Å². The summed E-state index contributed by atoms with van der Waals surface area (Å²) < 4.78 is 5.76. The van der Waals surface area contributed by atoms with Crippen LogP contribution >= 0.6 is 11.6 Å². The number of morpholine rings is 1. The molecular weight excluding hydrogens is 340 g/mol.